The van der Waals surface area contributed by atoms with Crippen molar-refractivity contribution in [1.29, 1.82) is 0 Å². The maximum absolute atomic E-state index is 12.4. The number of H-pyrrole nitrogens is 1. The van der Waals surface area contributed by atoms with Crippen molar-refractivity contribution in [2.45, 2.75) is 6.54 Å². The second kappa shape index (κ2) is 6.14. The molecular formula is C15H12N4O4. The minimum absolute atomic E-state index is 0.0580. The molecule has 0 aromatic carbocycles. The van der Waals surface area contributed by atoms with Crippen LogP contribution in [0.3, 0.4) is 0 Å². The molecule has 116 valence electrons. The number of anilines is 1. The number of furan rings is 1. The van der Waals surface area contributed by atoms with E-state index in [1.54, 1.807) is 24.3 Å². The van der Waals surface area contributed by atoms with Gasteiger partial charge in [0.25, 0.3) is 11.5 Å². The van der Waals surface area contributed by atoms with E-state index in [0.717, 1.165) is 10.8 Å². The van der Waals surface area contributed by atoms with Gasteiger partial charge in [-0.1, -0.05) is 0 Å². The first kappa shape index (κ1) is 14.5. The maximum Gasteiger partial charge on any atom is 0.328 e. The Morgan fingerprint density at radius 2 is 2.04 bits per heavy atom. The number of hydrogen-bond acceptors (Lipinski definition) is 5. The summed E-state index contributed by atoms with van der Waals surface area (Å²) in [6.45, 7) is -0.0580. The molecule has 0 atom stereocenters. The highest BCUT2D eigenvalue weighted by atomic mass is 16.3. The van der Waals surface area contributed by atoms with E-state index in [0.29, 0.717) is 11.4 Å². The lowest BCUT2D eigenvalue weighted by Crippen LogP contribution is -2.39. The fraction of sp³-hybridized carbons (Fsp3) is 0.0667. The summed E-state index contributed by atoms with van der Waals surface area (Å²) in [5, 5.41) is 2.57. The lowest BCUT2D eigenvalue weighted by atomic mass is 10.3. The molecule has 23 heavy (non-hydrogen) atoms. The maximum atomic E-state index is 12.4. The summed E-state index contributed by atoms with van der Waals surface area (Å²) in [7, 11) is 0. The third kappa shape index (κ3) is 3.10. The van der Waals surface area contributed by atoms with E-state index in [-0.39, 0.29) is 12.1 Å². The van der Waals surface area contributed by atoms with Crippen LogP contribution in [-0.4, -0.2) is 20.4 Å². The molecule has 0 unspecified atom stereocenters. The highest BCUT2D eigenvalue weighted by molar-refractivity contribution is 6.03. The number of rotatable bonds is 4. The molecule has 0 bridgehead atoms. The van der Waals surface area contributed by atoms with Gasteiger partial charge in [0.1, 0.15) is 11.3 Å². The zero-order valence-corrected chi connectivity index (χ0v) is 11.9. The summed E-state index contributed by atoms with van der Waals surface area (Å²) in [5.41, 5.74) is -0.996. The van der Waals surface area contributed by atoms with Crippen LogP contribution in [-0.2, 0) is 6.54 Å². The number of nitrogens with one attached hydrogen (secondary N) is 2. The van der Waals surface area contributed by atoms with E-state index in [2.05, 4.69) is 15.3 Å². The van der Waals surface area contributed by atoms with E-state index in [4.69, 9.17) is 4.42 Å². The molecule has 0 fully saturated rings. The smallest absolute Gasteiger partial charge is 0.328 e. The standard InChI is InChI=1S/C15H12N4O4/c20-13(18-10-3-5-16-6-4-10)12-8-17-15(22)19(14(12)21)9-11-2-1-7-23-11/h1-8H,9H2,(H,17,22)(H,16,18,20). The van der Waals surface area contributed by atoms with Gasteiger partial charge in [0.2, 0.25) is 0 Å². The molecule has 2 N–H and O–H groups in total. The number of nitrogens with zero attached hydrogens (tertiary/aromatic N) is 2. The second-order valence-corrected chi connectivity index (χ2v) is 4.67. The molecule has 1 amide bonds. The topological polar surface area (TPSA) is 110 Å². The number of carbonyl (C=O) groups is 1. The number of aromatic nitrogens is 3. The van der Waals surface area contributed by atoms with Crippen LogP contribution >= 0.6 is 0 Å². The molecule has 3 aromatic rings. The molecule has 0 aliphatic heterocycles. The zero-order chi connectivity index (χ0) is 16.2. The van der Waals surface area contributed by atoms with Crippen LogP contribution in [0.4, 0.5) is 5.69 Å². The van der Waals surface area contributed by atoms with Crippen molar-refractivity contribution in [2.24, 2.45) is 0 Å². The van der Waals surface area contributed by atoms with Crippen molar-refractivity contribution in [3.63, 3.8) is 0 Å². The molecule has 0 aliphatic rings. The van der Waals surface area contributed by atoms with Crippen molar-refractivity contribution in [2.75, 3.05) is 5.32 Å². The minimum Gasteiger partial charge on any atom is -0.467 e. The van der Waals surface area contributed by atoms with Crippen molar-refractivity contribution in [3.8, 4) is 0 Å². The molecule has 0 saturated carbocycles. The van der Waals surface area contributed by atoms with Gasteiger partial charge in [-0.25, -0.2) is 4.79 Å². The molecule has 0 radical (unpaired) electrons. The van der Waals surface area contributed by atoms with Crippen LogP contribution < -0.4 is 16.6 Å². The van der Waals surface area contributed by atoms with E-state index in [1.165, 1.54) is 18.7 Å². The van der Waals surface area contributed by atoms with E-state index < -0.39 is 17.2 Å². The van der Waals surface area contributed by atoms with Crippen LogP contribution in [0, 0.1) is 0 Å². The molecule has 3 rings (SSSR count). The SMILES string of the molecule is O=C(Nc1ccncc1)c1c[nH]c(=O)n(Cc2ccco2)c1=O. The van der Waals surface area contributed by atoms with E-state index >= 15 is 0 Å². The number of pyridine rings is 1. The van der Waals surface area contributed by atoms with Crippen LogP contribution in [0.25, 0.3) is 0 Å². The molecular weight excluding hydrogens is 300 g/mol. The second-order valence-electron chi connectivity index (χ2n) is 4.67. The summed E-state index contributed by atoms with van der Waals surface area (Å²) in [4.78, 5) is 42.6. The Labute approximate surface area is 129 Å². The van der Waals surface area contributed by atoms with Gasteiger partial charge < -0.3 is 14.7 Å². The summed E-state index contributed by atoms with van der Waals surface area (Å²) < 4.78 is 6.03. The summed E-state index contributed by atoms with van der Waals surface area (Å²) in [6, 6.07) is 6.46. The molecule has 8 nitrogen and oxygen atoms in total. The third-order valence-electron chi connectivity index (χ3n) is 3.14. The summed E-state index contributed by atoms with van der Waals surface area (Å²) in [6.07, 6.45) is 5.56. The number of amides is 1. The van der Waals surface area contributed by atoms with Gasteiger partial charge in [0.15, 0.2) is 0 Å². The molecule has 3 aromatic heterocycles. The molecule has 0 aliphatic carbocycles. The summed E-state index contributed by atoms with van der Waals surface area (Å²) >= 11 is 0. The Balaban J connectivity index is 1.93. The first-order valence-electron chi connectivity index (χ1n) is 6.71. The van der Waals surface area contributed by atoms with Crippen LogP contribution in [0.5, 0.6) is 0 Å². The Hall–Kier alpha value is -3.42. The average Bonchev–Trinajstić information content (AvgIpc) is 3.05. The Morgan fingerprint density at radius 1 is 1.26 bits per heavy atom. The first-order valence-corrected chi connectivity index (χ1v) is 6.71. The Morgan fingerprint density at radius 3 is 2.74 bits per heavy atom. The van der Waals surface area contributed by atoms with Gasteiger partial charge in [-0.3, -0.25) is 19.1 Å². The van der Waals surface area contributed by atoms with E-state index in [9.17, 15) is 14.4 Å². The molecule has 8 heteroatoms. The Kier molecular flexibility index (Phi) is 3.88. The van der Waals surface area contributed by atoms with Crippen LogP contribution in [0.15, 0.2) is 63.1 Å². The highest BCUT2D eigenvalue weighted by Gasteiger charge is 2.15. The van der Waals surface area contributed by atoms with Crippen molar-refractivity contribution < 1.29 is 9.21 Å². The lowest BCUT2D eigenvalue weighted by molar-refractivity contribution is 0.102. The van der Waals surface area contributed by atoms with Crippen molar-refractivity contribution >= 4 is 11.6 Å². The highest BCUT2D eigenvalue weighted by Crippen LogP contribution is 2.05. The van der Waals surface area contributed by atoms with Gasteiger partial charge in [-0.15, -0.1) is 0 Å². The third-order valence-corrected chi connectivity index (χ3v) is 3.14. The molecule has 3 heterocycles. The zero-order valence-electron chi connectivity index (χ0n) is 11.9. The van der Waals surface area contributed by atoms with Gasteiger partial charge >= 0.3 is 5.69 Å². The van der Waals surface area contributed by atoms with Crippen molar-refractivity contribution in [3.05, 3.63) is 81.3 Å². The quantitative estimate of drug-likeness (QED) is 0.741. The normalized spacial score (nSPS) is 10.4. The molecule has 0 spiro atoms. The Bertz CT molecular complexity index is 926. The van der Waals surface area contributed by atoms with Gasteiger partial charge in [0.05, 0.1) is 12.8 Å². The predicted octanol–water partition coefficient (Wildman–Crippen LogP) is 0.825. The number of aromatic amines is 1. The van der Waals surface area contributed by atoms with Gasteiger partial charge in [-0.2, -0.15) is 0 Å². The average molecular weight is 312 g/mol. The fourth-order valence-electron chi connectivity index (χ4n) is 2.01. The van der Waals surface area contributed by atoms with Gasteiger partial charge in [0, 0.05) is 24.3 Å². The minimum atomic E-state index is -0.697. The van der Waals surface area contributed by atoms with Crippen molar-refractivity contribution in [1.82, 2.24) is 14.5 Å². The lowest BCUT2D eigenvalue weighted by Gasteiger charge is -2.07. The van der Waals surface area contributed by atoms with Gasteiger partial charge in [-0.05, 0) is 24.3 Å². The van der Waals surface area contributed by atoms with Crippen LogP contribution in [0.1, 0.15) is 16.1 Å². The first-order chi connectivity index (χ1) is 11.1. The summed E-state index contributed by atoms with van der Waals surface area (Å²) in [5.74, 6) is -0.185. The number of hydrogen-bond donors (Lipinski definition) is 2. The number of carbonyl (C=O) groups excluding carboxylic acids is 1. The monoisotopic (exact) mass is 312 g/mol. The van der Waals surface area contributed by atoms with E-state index in [1.807, 2.05) is 0 Å². The van der Waals surface area contributed by atoms with Crippen LogP contribution in [0.2, 0.25) is 0 Å². The molecule has 0 saturated heterocycles. The largest absolute Gasteiger partial charge is 0.467 e. The predicted molar refractivity (Wildman–Crippen MR) is 81.3 cm³/mol. The fourth-order valence-corrected chi connectivity index (χ4v) is 2.01.